The summed E-state index contributed by atoms with van der Waals surface area (Å²) in [5.74, 6) is 0.0150. The summed E-state index contributed by atoms with van der Waals surface area (Å²) in [6, 6.07) is 0. The van der Waals surface area contributed by atoms with E-state index in [2.05, 4.69) is 0 Å². The summed E-state index contributed by atoms with van der Waals surface area (Å²) in [5.41, 5.74) is 0. The number of aliphatic hydroxyl groups excluding tert-OH is 4. The molecule has 5 nitrogen and oxygen atoms in total. The van der Waals surface area contributed by atoms with Gasteiger partial charge in [0.1, 0.15) is 24.4 Å². The zero-order chi connectivity index (χ0) is 10.9. The van der Waals surface area contributed by atoms with Crippen molar-refractivity contribution in [2.45, 2.75) is 44.4 Å². The van der Waals surface area contributed by atoms with Gasteiger partial charge >= 0.3 is 0 Å². The minimum Gasteiger partial charge on any atom is -0.394 e. The van der Waals surface area contributed by atoms with Crippen LogP contribution in [0.25, 0.3) is 0 Å². The van der Waals surface area contributed by atoms with Gasteiger partial charge in [-0.2, -0.15) is 0 Å². The lowest BCUT2D eigenvalue weighted by atomic mass is 9.90. The molecule has 0 saturated carbocycles. The molecule has 5 heteroatoms. The third-order valence-electron chi connectivity index (χ3n) is 2.59. The predicted octanol–water partition coefficient (Wildman–Crippen LogP) is -1.52. The van der Waals surface area contributed by atoms with Crippen molar-refractivity contribution in [3.63, 3.8) is 0 Å². The highest BCUT2D eigenvalue weighted by atomic mass is 16.5. The molecule has 14 heavy (non-hydrogen) atoms. The molecule has 1 aliphatic rings. The Morgan fingerprint density at radius 1 is 1.07 bits per heavy atom. The van der Waals surface area contributed by atoms with E-state index in [0.29, 0.717) is 0 Å². The Labute approximate surface area is 82.9 Å². The molecule has 1 aliphatic heterocycles. The fraction of sp³-hybridized carbons (Fsp3) is 1.00. The van der Waals surface area contributed by atoms with Crippen LogP contribution in [0.5, 0.6) is 0 Å². The summed E-state index contributed by atoms with van der Waals surface area (Å²) >= 11 is 0. The molecule has 2 unspecified atom stereocenters. The second-order valence-electron chi connectivity index (χ2n) is 4.04. The fourth-order valence-electron chi connectivity index (χ4n) is 1.68. The maximum Gasteiger partial charge on any atom is 0.111 e. The van der Waals surface area contributed by atoms with Gasteiger partial charge in [0.05, 0.1) is 12.7 Å². The first-order valence-corrected chi connectivity index (χ1v) is 4.79. The highest BCUT2D eigenvalue weighted by Crippen LogP contribution is 2.25. The third-order valence-corrected chi connectivity index (χ3v) is 2.59. The molecular formula is C9H18O5. The minimum absolute atomic E-state index is 0.0150. The van der Waals surface area contributed by atoms with Crippen LogP contribution in [0.3, 0.4) is 0 Å². The minimum atomic E-state index is -1.26. The number of aliphatic hydroxyl groups is 4. The van der Waals surface area contributed by atoms with Crippen molar-refractivity contribution >= 4 is 0 Å². The van der Waals surface area contributed by atoms with Gasteiger partial charge in [0.25, 0.3) is 0 Å². The van der Waals surface area contributed by atoms with Gasteiger partial charge in [-0.3, -0.25) is 0 Å². The van der Waals surface area contributed by atoms with E-state index < -0.39 is 30.5 Å². The van der Waals surface area contributed by atoms with Gasteiger partial charge in [0.15, 0.2) is 0 Å². The average molecular weight is 206 g/mol. The smallest absolute Gasteiger partial charge is 0.111 e. The molecule has 1 saturated heterocycles. The average Bonchev–Trinajstić information content (AvgIpc) is 2.14. The van der Waals surface area contributed by atoms with Crippen LogP contribution in [0.1, 0.15) is 13.8 Å². The summed E-state index contributed by atoms with van der Waals surface area (Å²) in [7, 11) is 0. The predicted molar refractivity (Wildman–Crippen MR) is 48.6 cm³/mol. The van der Waals surface area contributed by atoms with Crippen molar-refractivity contribution in [1.82, 2.24) is 0 Å². The molecule has 0 radical (unpaired) electrons. The largest absolute Gasteiger partial charge is 0.394 e. The Morgan fingerprint density at radius 2 is 1.64 bits per heavy atom. The topological polar surface area (TPSA) is 90.2 Å². The quantitative estimate of drug-likeness (QED) is 0.441. The van der Waals surface area contributed by atoms with E-state index in [4.69, 9.17) is 9.84 Å². The summed E-state index contributed by atoms with van der Waals surface area (Å²) in [6.07, 6.45) is -4.96. The highest BCUT2D eigenvalue weighted by Gasteiger charge is 2.44. The fourth-order valence-corrected chi connectivity index (χ4v) is 1.68. The lowest BCUT2D eigenvalue weighted by molar-refractivity contribution is -0.238. The first-order valence-electron chi connectivity index (χ1n) is 4.79. The van der Waals surface area contributed by atoms with Gasteiger partial charge in [0, 0.05) is 0 Å². The molecule has 0 aromatic carbocycles. The van der Waals surface area contributed by atoms with E-state index in [1.165, 1.54) is 0 Å². The molecular weight excluding hydrogens is 188 g/mol. The molecule has 1 heterocycles. The zero-order valence-corrected chi connectivity index (χ0v) is 8.37. The molecule has 0 aromatic heterocycles. The van der Waals surface area contributed by atoms with E-state index in [1.807, 2.05) is 13.8 Å². The summed E-state index contributed by atoms with van der Waals surface area (Å²) in [4.78, 5) is 0. The van der Waals surface area contributed by atoms with Crippen LogP contribution in [0, 0.1) is 5.92 Å². The third kappa shape index (κ3) is 2.07. The molecule has 0 bridgehead atoms. The molecule has 84 valence electrons. The van der Waals surface area contributed by atoms with Gasteiger partial charge in [0.2, 0.25) is 0 Å². The van der Waals surface area contributed by atoms with E-state index >= 15 is 0 Å². The zero-order valence-electron chi connectivity index (χ0n) is 8.37. The molecule has 0 aliphatic carbocycles. The second-order valence-corrected chi connectivity index (χ2v) is 4.04. The van der Waals surface area contributed by atoms with Gasteiger partial charge in [-0.05, 0) is 5.92 Å². The SMILES string of the molecule is CC(C)[C@@H]1OC(CO)[C@H](O)[C@H](O)C1O. The van der Waals surface area contributed by atoms with Gasteiger partial charge < -0.3 is 25.2 Å². The molecule has 1 rings (SSSR count). The molecule has 0 spiro atoms. The van der Waals surface area contributed by atoms with E-state index in [1.54, 1.807) is 0 Å². The number of ether oxygens (including phenoxy) is 1. The summed E-state index contributed by atoms with van der Waals surface area (Å²) in [5, 5.41) is 37.4. The van der Waals surface area contributed by atoms with Crippen LogP contribution in [-0.4, -0.2) is 57.6 Å². The number of hydrogen-bond acceptors (Lipinski definition) is 5. The van der Waals surface area contributed by atoms with Crippen LogP contribution in [0.15, 0.2) is 0 Å². The van der Waals surface area contributed by atoms with Crippen molar-refractivity contribution in [2.24, 2.45) is 5.92 Å². The number of hydrogen-bond donors (Lipinski definition) is 4. The van der Waals surface area contributed by atoms with Gasteiger partial charge in [-0.15, -0.1) is 0 Å². The highest BCUT2D eigenvalue weighted by molar-refractivity contribution is 4.92. The Bertz CT molecular complexity index is 182. The van der Waals surface area contributed by atoms with Crippen molar-refractivity contribution in [3.05, 3.63) is 0 Å². The molecule has 1 fully saturated rings. The first kappa shape index (κ1) is 11.9. The van der Waals surface area contributed by atoms with Crippen LogP contribution < -0.4 is 0 Å². The maximum absolute atomic E-state index is 9.57. The van der Waals surface area contributed by atoms with Gasteiger partial charge in [-0.25, -0.2) is 0 Å². The molecule has 4 N–H and O–H groups in total. The lowest BCUT2D eigenvalue weighted by Gasteiger charge is -2.41. The molecule has 5 atom stereocenters. The summed E-state index contributed by atoms with van der Waals surface area (Å²) < 4.78 is 5.28. The van der Waals surface area contributed by atoms with Crippen LogP contribution in [-0.2, 0) is 4.74 Å². The van der Waals surface area contributed by atoms with E-state index in [9.17, 15) is 15.3 Å². The molecule has 0 aromatic rings. The van der Waals surface area contributed by atoms with Crippen LogP contribution in [0.4, 0.5) is 0 Å². The Balaban J connectivity index is 2.73. The first-order chi connectivity index (χ1) is 6.49. The Hall–Kier alpha value is -0.200. The lowest BCUT2D eigenvalue weighted by Crippen LogP contribution is -2.59. The second kappa shape index (κ2) is 4.55. The Morgan fingerprint density at radius 3 is 2.07 bits per heavy atom. The van der Waals surface area contributed by atoms with Crippen LogP contribution in [0.2, 0.25) is 0 Å². The van der Waals surface area contributed by atoms with E-state index in [-0.39, 0.29) is 12.5 Å². The van der Waals surface area contributed by atoms with Gasteiger partial charge in [-0.1, -0.05) is 13.8 Å². The van der Waals surface area contributed by atoms with Crippen molar-refractivity contribution in [3.8, 4) is 0 Å². The van der Waals surface area contributed by atoms with E-state index in [0.717, 1.165) is 0 Å². The van der Waals surface area contributed by atoms with Crippen LogP contribution >= 0.6 is 0 Å². The van der Waals surface area contributed by atoms with Crippen molar-refractivity contribution in [2.75, 3.05) is 6.61 Å². The standard InChI is InChI=1S/C9H18O5/c1-4(2)9-8(13)7(12)6(11)5(3-10)14-9/h4-13H,3H2,1-2H3/t5?,6-,7-,8?,9-/m0/s1. The monoisotopic (exact) mass is 206 g/mol. The van der Waals surface area contributed by atoms with Crippen molar-refractivity contribution in [1.29, 1.82) is 0 Å². The Kier molecular flexibility index (Phi) is 3.86. The summed E-state index contributed by atoms with van der Waals surface area (Å²) in [6.45, 7) is 3.31. The van der Waals surface area contributed by atoms with Crippen molar-refractivity contribution < 1.29 is 25.2 Å². The number of rotatable bonds is 2. The molecule has 0 amide bonds. The normalized spacial score (nSPS) is 44.4. The maximum atomic E-state index is 9.57.